The molecule has 0 saturated heterocycles. The van der Waals surface area contributed by atoms with Crippen molar-refractivity contribution in [1.82, 2.24) is 0 Å². The number of hydrogen-bond acceptors (Lipinski definition) is 1. The van der Waals surface area contributed by atoms with Crippen LogP contribution in [0.15, 0.2) is 0 Å². The van der Waals surface area contributed by atoms with E-state index in [0.717, 1.165) is 12.3 Å². The first-order valence-corrected chi connectivity index (χ1v) is 9.46. The van der Waals surface area contributed by atoms with Crippen LogP contribution in [0.2, 0.25) is 0 Å². The summed E-state index contributed by atoms with van der Waals surface area (Å²) in [6.07, 6.45) is 20.5. The average molecular weight is 285 g/mol. The highest BCUT2D eigenvalue weighted by Gasteiger charge is 2.07. The number of hydrogen-bond donors (Lipinski definition) is 1. The summed E-state index contributed by atoms with van der Waals surface area (Å²) in [5, 5.41) is 9.14. The minimum absolute atomic E-state index is 0.383. The van der Waals surface area contributed by atoms with Crippen molar-refractivity contribution in [2.45, 2.75) is 110 Å². The van der Waals surface area contributed by atoms with Crippen molar-refractivity contribution in [3.8, 4) is 0 Å². The Hall–Kier alpha value is -0.0400. The molecule has 122 valence electrons. The molecule has 1 N–H and O–H groups in total. The predicted octanol–water partition coefficient (Wildman–Crippen LogP) is 6.49. The zero-order chi connectivity index (χ0) is 14.9. The van der Waals surface area contributed by atoms with Gasteiger partial charge in [0.05, 0.1) is 0 Å². The lowest BCUT2D eigenvalue weighted by molar-refractivity contribution is 0.241. The number of aliphatic hydroxyl groups is 1. The lowest BCUT2D eigenvalue weighted by Gasteiger charge is -2.15. The summed E-state index contributed by atoms with van der Waals surface area (Å²) in [6, 6.07) is 0. The molecule has 1 heteroatoms. The van der Waals surface area contributed by atoms with Crippen LogP contribution in [-0.2, 0) is 0 Å². The quantitative estimate of drug-likeness (QED) is 0.321. The molecule has 0 aliphatic heterocycles. The van der Waals surface area contributed by atoms with Gasteiger partial charge in [0.2, 0.25) is 0 Å². The molecule has 0 spiro atoms. The van der Waals surface area contributed by atoms with Gasteiger partial charge in [-0.3, -0.25) is 0 Å². The second-order valence-electron chi connectivity index (χ2n) is 6.49. The van der Waals surface area contributed by atoms with Gasteiger partial charge in [-0.05, 0) is 12.3 Å². The smallest absolute Gasteiger partial charge is 0.0433 e. The third-order valence-electron chi connectivity index (χ3n) is 4.47. The normalized spacial score (nSPS) is 12.8. The second kappa shape index (κ2) is 17.0. The molecule has 1 atom stereocenters. The van der Waals surface area contributed by atoms with E-state index >= 15 is 0 Å². The standard InChI is InChI=1S/C19H40O/c1-3-5-7-8-9-10-11-12-14-16-19(17-18-20)15-13-6-4-2/h19-20H,3-18H2,1-2H3. The first kappa shape index (κ1) is 20.0. The van der Waals surface area contributed by atoms with E-state index in [1.54, 1.807) is 0 Å². The molecule has 0 aliphatic rings. The lowest BCUT2D eigenvalue weighted by Crippen LogP contribution is -2.03. The minimum Gasteiger partial charge on any atom is -0.396 e. The number of rotatable bonds is 16. The van der Waals surface area contributed by atoms with Crippen molar-refractivity contribution in [2.24, 2.45) is 5.92 Å². The van der Waals surface area contributed by atoms with Crippen LogP contribution in [0.3, 0.4) is 0 Å². The Bertz CT molecular complexity index is 167. The van der Waals surface area contributed by atoms with Crippen LogP contribution >= 0.6 is 0 Å². The lowest BCUT2D eigenvalue weighted by atomic mass is 9.92. The van der Waals surface area contributed by atoms with E-state index in [2.05, 4.69) is 13.8 Å². The van der Waals surface area contributed by atoms with Crippen LogP contribution in [0, 0.1) is 5.92 Å². The predicted molar refractivity (Wildman–Crippen MR) is 91.2 cm³/mol. The molecule has 0 aromatic carbocycles. The van der Waals surface area contributed by atoms with Crippen LogP contribution in [0.25, 0.3) is 0 Å². The van der Waals surface area contributed by atoms with Crippen molar-refractivity contribution in [1.29, 1.82) is 0 Å². The van der Waals surface area contributed by atoms with Gasteiger partial charge in [-0.15, -0.1) is 0 Å². The third-order valence-corrected chi connectivity index (χ3v) is 4.47. The Morgan fingerprint density at radius 2 is 0.950 bits per heavy atom. The zero-order valence-corrected chi connectivity index (χ0v) is 14.3. The SMILES string of the molecule is CCCCCCCCCCCC(CCO)CCCCC. The summed E-state index contributed by atoms with van der Waals surface area (Å²) in [7, 11) is 0. The molecule has 0 fully saturated rings. The maximum absolute atomic E-state index is 9.14. The highest BCUT2D eigenvalue weighted by molar-refractivity contribution is 4.60. The van der Waals surface area contributed by atoms with Gasteiger partial charge in [0.25, 0.3) is 0 Å². The van der Waals surface area contributed by atoms with Crippen LogP contribution in [0.4, 0.5) is 0 Å². The van der Waals surface area contributed by atoms with E-state index in [4.69, 9.17) is 5.11 Å². The Balaban J connectivity index is 3.34. The summed E-state index contributed by atoms with van der Waals surface area (Å²) < 4.78 is 0. The van der Waals surface area contributed by atoms with E-state index in [1.165, 1.54) is 89.9 Å². The molecule has 0 rings (SSSR count). The topological polar surface area (TPSA) is 20.2 Å². The van der Waals surface area contributed by atoms with Crippen LogP contribution < -0.4 is 0 Å². The summed E-state index contributed by atoms with van der Waals surface area (Å²) in [4.78, 5) is 0. The molecule has 1 unspecified atom stereocenters. The van der Waals surface area contributed by atoms with Crippen molar-refractivity contribution < 1.29 is 5.11 Å². The monoisotopic (exact) mass is 284 g/mol. The van der Waals surface area contributed by atoms with Crippen LogP contribution in [0.1, 0.15) is 110 Å². The van der Waals surface area contributed by atoms with Crippen molar-refractivity contribution in [2.75, 3.05) is 6.61 Å². The van der Waals surface area contributed by atoms with E-state index in [9.17, 15) is 0 Å². The van der Waals surface area contributed by atoms with Crippen LogP contribution in [-0.4, -0.2) is 11.7 Å². The summed E-state index contributed by atoms with van der Waals surface area (Å²) in [6.45, 7) is 4.93. The van der Waals surface area contributed by atoms with Crippen LogP contribution in [0.5, 0.6) is 0 Å². The molecular weight excluding hydrogens is 244 g/mol. The highest BCUT2D eigenvalue weighted by atomic mass is 16.3. The molecule has 0 amide bonds. The first-order chi connectivity index (χ1) is 9.85. The van der Waals surface area contributed by atoms with Crippen molar-refractivity contribution in [3.63, 3.8) is 0 Å². The molecule has 0 radical (unpaired) electrons. The Morgan fingerprint density at radius 1 is 0.550 bits per heavy atom. The van der Waals surface area contributed by atoms with Gasteiger partial charge in [-0.25, -0.2) is 0 Å². The van der Waals surface area contributed by atoms with Gasteiger partial charge in [-0.1, -0.05) is 104 Å². The fourth-order valence-corrected chi connectivity index (χ4v) is 3.04. The molecule has 0 aromatic rings. The number of unbranched alkanes of at least 4 members (excludes halogenated alkanes) is 10. The van der Waals surface area contributed by atoms with E-state index < -0.39 is 0 Å². The molecule has 0 aromatic heterocycles. The zero-order valence-electron chi connectivity index (χ0n) is 14.3. The third kappa shape index (κ3) is 14.4. The maximum atomic E-state index is 9.14. The average Bonchev–Trinajstić information content (AvgIpc) is 2.45. The summed E-state index contributed by atoms with van der Waals surface area (Å²) in [5.41, 5.74) is 0. The van der Waals surface area contributed by atoms with Gasteiger partial charge in [0.1, 0.15) is 0 Å². The molecule has 0 bridgehead atoms. The molecule has 20 heavy (non-hydrogen) atoms. The molecule has 1 nitrogen and oxygen atoms in total. The van der Waals surface area contributed by atoms with E-state index in [1.807, 2.05) is 0 Å². The number of aliphatic hydroxyl groups excluding tert-OH is 1. The second-order valence-corrected chi connectivity index (χ2v) is 6.49. The molecule has 0 aliphatic carbocycles. The van der Waals surface area contributed by atoms with Gasteiger partial charge in [0.15, 0.2) is 0 Å². The molecule has 0 saturated carbocycles. The highest BCUT2D eigenvalue weighted by Crippen LogP contribution is 2.21. The minimum atomic E-state index is 0.383. The molecule has 0 heterocycles. The maximum Gasteiger partial charge on any atom is 0.0433 e. The van der Waals surface area contributed by atoms with Crippen molar-refractivity contribution >= 4 is 0 Å². The first-order valence-electron chi connectivity index (χ1n) is 9.46. The van der Waals surface area contributed by atoms with Gasteiger partial charge in [-0.2, -0.15) is 0 Å². The largest absolute Gasteiger partial charge is 0.396 e. The Morgan fingerprint density at radius 3 is 1.45 bits per heavy atom. The Kier molecular flexibility index (Phi) is 17.0. The Labute approximate surface area is 128 Å². The van der Waals surface area contributed by atoms with E-state index in [0.29, 0.717) is 6.61 Å². The summed E-state index contributed by atoms with van der Waals surface area (Å²) in [5.74, 6) is 0.788. The fourth-order valence-electron chi connectivity index (χ4n) is 3.04. The van der Waals surface area contributed by atoms with E-state index in [-0.39, 0.29) is 0 Å². The molecular formula is C19H40O. The fraction of sp³-hybridized carbons (Fsp3) is 1.00. The van der Waals surface area contributed by atoms with Gasteiger partial charge < -0.3 is 5.11 Å². The summed E-state index contributed by atoms with van der Waals surface area (Å²) >= 11 is 0. The van der Waals surface area contributed by atoms with Crippen molar-refractivity contribution in [3.05, 3.63) is 0 Å². The van der Waals surface area contributed by atoms with Gasteiger partial charge in [0, 0.05) is 6.61 Å². The van der Waals surface area contributed by atoms with Gasteiger partial charge >= 0.3 is 0 Å².